The molecule has 0 aromatic heterocycles. The number of rotatable bonds is 8. The van der Waals surface area contributed by atoms with Gasteiger partial charge in [0.05, 0.1) is 6.17 Å². The summed E-state index contributed by atoms with van der Waals surface area (Å²) in [6.07, 6.45) is 9.98. The van der Waals surface area contributed by atoms with Crippen LogP contribution in [0.3, 0.4) is 0 Å². The van der Waals surface area contributed by atoms with Gasteiger partial charge >= 0.3 is 0 Å². The van der Waals surface area contributed by atoms with Gasteiger partial charge < -0.3 is 15.0 Å². The van der Waals surface area contributed by atoms with Crippen LogP contribution in [0.15, 0.2) is 0 Å². The minimum atomic E-state index is 0.0564. The molecule has 2 N–H and O–H groups in total. The number of carbonyl (C=O) groups excluding carboxylic acids is 1. The number of hydrogen-bond acceptors (Lipinski definition) is 5. The van der Waals surface area contributed by atoms with Crippen LogP contribution in [0.5, 0.6) is 0 Å². The highest BCUT2D eigenvalue weighted by atomic mass is 16.5. The number of hydrogen-bond donors (Lipinski definition) is 2. The smallest absolute Gasteiger partial charge is 0.216 e. The molecule has 156 valence electrons. The van der Waals surface area contributed by atoms with Crippen molar-refractivity contribution in [3.05, 3.63) is 0 Å². The van der Waals surface area contributed by atoms with Gasteiger partial charge in [-0.2, -0.15) is 0 Å². The Bertz CT molecular complexity index is 469. The zero-order valence-corrected chi connectivity index (χ0v) is 17.6. The minimum Gasteiger partial charge on any atom is -0.367 e. The van der Waals surface area contributed by atoms with Crippen molar-refractivity contribution >= 4 is 5.91 Å². The minimum absolute atomic E-state index is 0.0564. The highest BCUT2D eigenvalue weighted by Gasteiger charge is 2.44. The van der Waals surface area contributed by atoms with E-state index >= 15 is 0 Å². The first kappa shape index (κ1) is 21.0. The Kier molecular flexibility index (Phi) is 7.94. The summed E-state index contributed by atoms with van der Waals surface area (Å²) in [7, 11) is 4.11. The lowest BCUT2D eigenvalue weighted by Gasteiger charge is -2.38. The monoisotopic (exact) mass is 380 g/mol. The number of nitrogens with one attached hydrogen (secondary N) is 2. The Labute approximate surface area is 165 Å². The molecule has 0 spiro atoms. The summed E-state index contributed by atoms with van der Waals surface area (Å²) in [6, 6.07) is 0. The third-order valence-corrected chi connectivity index (χ3v) is 6.89. The molecule has 0 bridgehead atoms. The summed E-state index contributed by atoms with van der Waals surface area (Å²) in [5.74, 6) is 2.34. The quantitative estimate of drug-likeness (QED) is 0.673. The Morgan fingerprint density at radius 3 is 2.67 bits per heavy atom. The molecule has 1 saturated carbocycles. The Balaban J connectivity index is 1.54. The van der Waals surface area contributed by atoms with Gasteiger partial charge in [-0.15, -0.1) is 0 Å². The molecule has 2 heterocycles. The van der Waals surface area contributed by atoms with Gasteiger partial charge in [-0.1, -0.05) is 19.3 Å². The van der Waals surface area contributed by atoms with Crippen LogP contribution < -0.4 is 10.6 Å². The molecule has 2 aliphatic heterocycles. The summed E-state index contributed by atoms with van der Waals surface area (Å²) < 4.78 is 5.59. The second-order valence-electron chi connectivity index (χ2n) is 9.04. The maximum Gasteiger partial charge on any atom is 0.216 e. The number of likely N-dealkylation sites (tertiary alicyclic amines) is 1. The van der Waals surface area contributed by atoms with Crippen molar-refractivity contribution in [2.24, 2.45) is 17.8 Å². The number of nitrogens with zero attached hydrogens (tertiary/aromatic N) is 2. The molecule has 4 unspecified atom stereocenters. The molecule has 3 rings (SSSR count). The highest BCUT2D eigenvalue weighted by molar-refractivity contribution is 5.72. The van der Waals surface area contributed by atoms with Gasteiger partial charge in [0.2, 0.25) is 5.91 Å². The summed E-state index contributed by atoms with van der Waals surface area (Å²) in [4.78, 5) is 16.4. The van der Waals surface area contributed by atoms with E-state index in [0.29, 0.717) is 18.0 Å². The van der Waals surface area contributed by atoms with Crippen LogP contribution in [0.2, 0.25) is 0 Å². The van der Waals surface area contributed by atoms with Crippen LogP contribution in [-0.2, 0) is 9.53 Å². The number of ether oxygens (including phenoxy) is 1. The van der Waals surface area contributed by atoms with Crippen molar-refractivity contribution in [3.8, 4) is 0 Å². The molecular weight excluding hydrogens is 340 g/mol. The number of piperidine rings is 1. The summed E-state index contributed by atoms with van der Waals surface area (Å²) in [5, 5.41) is 6.66. The number of carbonyl (C=O) groups is 1. The maximum absolute atomic E-state index is 11.2. The van der Waals surface area contributed by atoms with E-state index in [-0.39, 0.29) is 12.1 Å². The van der Waals surface area contributed by atoms with E-state index in [0.717, 1.165) is 32.0 Å². The molecule has 1 aliphatic carbocycles. The van der Waals surface area contributed by atoms with Gasteiger partial charge in [0, 0.05) is 46.8 Å². The fourth-order valence-corrected chi connectivity index (χ4v) is 5.59. The highest BCUT2D eigenvalue weighted by Crippen LogP contribution is 2.36. The van der Waals surface area contributed by atoms with Crippen LogP contribution >= 0.6 is 0 Å². The van der Waals surface area contributed by atoms with Gasteiger partial charge in [0.1, 0.15) is 6.23 Å². The molecule has 27 heavy (non-hydrogen) atoms. The lowest BCUT2D eigenvalue weighted by molar-refractivity contribution is -0.119. The van der Waals surface area contributed by atoms with E-state index < -0.39 is 0 Å². The van der Waals surface area contributed by atoms with Gasteiger partial charge in [-0.05, 0) is 50.5 Å². The van der Waals surface area contributed by atoms with E-state index in [1.165, 1.54) is 51.6 Å². The molecule has 0 radical (unpaired) electrons. The van der Waals surface area contributed by atoms with E-state index in [2.05, 4.69) is 27.5 Å². The predicted octanol–water partition coefficient (Wildman–Crippen LogP) is 1.86. The van der Waals surface area contributed by atoms with Crippen LogP contribution in [0.4, 0.5) is 0 Å². The normalized spacial score (nSPS) is 32.6. The molecule has 3 aliphatic rings. The van der Waals surface area contributed by atoms with Gasteiger partial charge in [-0.3, -0.25) is 15.0 Å². The lowest BCUT2D eigenvalue weighted by Crippen LogP contribution is -2.54. The summed E-state index contributed by atoms with van der Waals surface area (Å²) >= 11 is 0. The molecule has 0 aromatic rings. The van der Waals surface area contributed by atoms with Crippen molar-refractivity contribution in [1.82, 2.24) is 20.4 Å². The van der Waals surface area contributed by atoms with Crippen molar-refractivity contribution in [3.63, 3.8) is 0 Å². The zero-order chi connectivity index (χ0) is 19.2. The Morgan fingerprint density at radius 2 is 1.96 bits per heavy atom. The standard InChI is InChI=1S/C21H40N4O2/c1-16(26)22-11-12-25-15-18(19-9-10-20(27-3)23-21(19)25)14-24(2)13-17-7-5-4-6-8-17/h17-21,23H,4-15H2,1-3H3,(H,22,26). The van der Waals surface area contributed by atoms with Crippen molar-refractivity contribution in [2.75, 3.05) is 46.9 Å². The van der Waals surface area contributed by atoms with E-state index in [9.17, 15) is 4.79 Å². The third-order valence-electron chi connectivity index (χ3n) is 6.89. The molecule has 2 saturated heterocycles. The number of methoxy groups -OCH3 is 1. The number of amides is 1. The van der Waals surface area contributed by atoms with Crippen molar-refractivity contribution in [2.45, 2.75) is 64.3 Å². The van der Waals surface area contributed by atoms with Crippen molar-refractivity contribution < 1.29 is 9.53 Å². The molecule has 3 fully saturated rings. The van der Waals surface area contributed by atoms with Crippen molar-refractivity contribution in [1.29, 1.82) is 0 Å². The van der Waals surface area contributed by atoms with Gasteiger partial charge in [0.25, 0.3) is 0 Å². The SMILES string of the molecule is COC1CCC2C(CN(C)CC3CCCCC3)CN(CCNC(C)=O)C2N1. The number of fused-ring (bicyclic) bond motifs is 1. The van der Waals surface area contributed by atoms with Crippen LogP contribution in [-0.4, -0.2) is 75.0 Å². The predicted molar refractivity (Wildman–Crippen MR) is 108 cm³/mol. The average molecular weight is 381 g/mol. The molecule has 6 heteroatoms. The van der Waals surface area contributed by atoms with Crippen LogP contribution in [0, 0.1) is 17.8 Å². The fourth-order valence-electron chi connectivity index (χ4n) is 5.59. The van der Waals surface area contributed by atoms with E-state index in [1.807, 2.05) is 0 Å². The summed E-state index contributed by atoms with van der Waals surface area (Å²) in [5.41, 5.74) is 0. The topological polar surface area (TPSA) is 56.8 Å². The van der Waals surface area contributed by atoms with Crippen LogP contribution in [0.1, 0.15) is 51.9 Å². The van der Waals surface area contributed by atoms with E-state index in [1.54, 1.807) is 14.0 Å². The maximum atomic E-state index is 11.2. The largest absolute Gasteiger partial charge is 0.367 e. The Morgan fingerprint density at radius 1 is 1.19 bits per heavy atom. The average Bonchev–Trinajstić information content (AvgIpc) is 2.99. The molecule has 4 atom stereocenters. The first-order valence-corrected chi connectivity index (χ1v) is 11.0. The van der Waals surface area contributed by atoms with Crippen LogP contribution in [0.25, 0.3) is 0 Å². The Hall–Kier alpha value is -0.690. The second kappa shape index (κ2) is 10.2. The second-order valence-corrected chi connectivity index (χ2v) is 9.04. The molecule has 1 amide bonds. The summed E-state index contributed by atoms with van der Waals surface area (Å²) in [6.45, 7) is 6.79. The molecule has 0 aromatic carbocycles. The fraction of sp³-hybridized carbons (Fsp3) is 0.952. The lowest BCUT2D eigenvalue weighted by atomic mass is 9.85. The molecule has 6 nitrogen and oxygen atoms in total. The zero-order valence-electron chi connectivity index (χ0n) is 17.6. The van der Waals surface area contributed by atoms with Gasteiger partial charge in [0.15, 0.2) is 0 Å². The third kappa shape index (κ3) is 5.89. The first-order chi connectivity index (χ1) is 13.1. The molecular formula is C21H40N4O2. The van der Waals surface area contributed by atoms with E-state index in [4.69, 9.17) is 4.74 Å². The first-order valence-electron chi connectivity index (χ1n) is 11.0. The van der Waals surface area contributed by atoms with Gasteiger partial charge in [-0.25, -0.2) is 0 Å².